The summed E-state index contributed by atoms with van der Waals surface area (Å²) in [4.78, 5) is 64.1. The van der Waals surface area contributed by atoms with Crippen LogP contribution in [0, 0.1) is 6.92 Å². The molecule has 3 atom stereocenters. The highest BCUT2D eigenvalue weighted by molar-refractivity contribution is 7.10. The Bertz CT molecular complexity index is 2090. The molecule has 15 heteroatoms. The van der Waals surface area contributed by atoms with Gasteiger partial charge in [0.1, 0.15) is 40.7 Å². The van der Waals surface area contributed by atoms with E-state index in [1.165, 1.54) is 28.7 Å². The van der Waals surface area contributed by atoms with Crippen molar-refractivity contribution in [1.82, 2.24) is 30.9 Å². The molecule has 0 spiro atoms. The summed E-state index contributed by atoms with van der Waals surface area (Å²) in [6, 6.07) is 14.4. The minimum Gasteiger partial charge on any atom is -0.457 e. The van der Waals surface area contributed by atoms with Gasteiger partial charge in [-0.2, -0.15) is 0 Å². The van der Waals surface area contributed by atoms with Crippen LogP contribution in [0.4, 0.5) is 4.79 Å². The number of esters is 1. The van der Waals surface area contributed by atoms with Crippen molar-refractivity contribution in [3.8, 4) is 11.1 Å². The number of alkyl carbamates (subject to hydrolysis) is 1. The van der Waals surface area contributed by atoms with Gasteiger partial charge >= 0.3 is 12.1 Å². The van der Waals surface area contributed by atoms with E-state index in [-0.39, 0.29) is 47.9 Å². The first-order valence-corrected chi connectivity index (χ1v) is 18.2. The fourth-order valence-corrected chi connectivity index (χ4v) is 7.33. The monoisotopic (exact) mass is 740 g/mol. The minimum atomic E-state index is -0.683. The lowest BCUT2D eigenvalue weighted by atomic mass is 9.98. The fraction of sp³-hybridized carbons (Fsp3) is 0.270. The van der Waals surface area contributed by atoms with E-state index >= 15 is 0 Å². The highest BCUT2D eigenvalue weighted by atomic mass is 32.1. The lowest BCUT2D eigenvalue weighted by Gasteiger charge is -2.16. The normalized spacial score (nSPS) is 13.6. The standard InChI is InChI=1S/C37H36N6O7S2/c1-6-15-48-36(46)29-18-52-35(42-29)20(3)38-31(44)28-17-51-34(41-28)21(4)39-32(45)30-22(5)50-33(43-30)19(2)40-37(47)49-16-27-25-13-9-7-11-23(25)24-12-8-10-14-26(24)27/h6-14,17-21,27H,1,15-16H2,2-5H3,(H,38,44)(H,39,45)(H,40,47)/t19?,20-,21+/m0/s1. The summed E-state index contributed by atoms with van der Waals surface area (Å²) in [7, 11) is 0. The zero-order chi connectivity index (χ0) is 36.9. The Hall–Kier alpha value is -5.67. The predicted octanol–water partition coefficient (Wildman–Crippen LogP) is 6.82. The quantitative estimate of drug-likeness (QED) is 0.0858. The molecule has 0 saturated carbocycles. The van der Waals surface area contributed by atoms with Crippen LogP contribution in [0.3, 0.4) is 0 Å². The predicted molar refractivity (Wildman–Crippen MR) is 194 cm³/mol. The number of hydrogen-bond acceptors (Lipinski definition) is 12. The van der Waals surface area contributed by atoms with E-state index in [2.05, 4.69) is 49.6 Å². The number of aryl methyl sites for hydroxylation is 1. The van der Waals surface area contributed by atoms with Crippen LogP contribution in [0.15, 0.2) is 76.4 Å². The second kappa shape index (κ2) is 15.7. The summed E-state index contributed by atoms with van der Waals surface area (Å²) in [5.74, 6) is -1.18. The first-order chi connectivity index (χ1) is 25.0. The average Bonchev–Trinajstić information content (AvgIpc) is 3.95. The van der Waals surface area contributed by atoms with Crippen LogP contribution < -0.4 is 16.0 Å². The Kier molecular flexibility index (Phi) is 10.9. The molecule has 0 saturated heterocycles. The maximum Gasteiger partial charge on any atom is 0.407 e. The van der Waals surface area contributed by atoms with Crippen LogP contribution in [-0.4, -0.2) is 52.0 Å². The van der Waals surface area contributed by atoms with Gasteiger partial charge in [-0.15, -0.1) is 22.7 Å². The molecule has 3 heterocycles. The number of amides is 3. The highest BCUT2D eigenvalue weighted by Crippen LogP contribution is 2.44. The van der Waals surface area contributed by atoms with Crippen LogP contribution in [0.2, 0.25) is 0 Å². The molecule has 1 aliphatic carbocycles. The maximum atomic E-state index is 13.2. The largest absolute Gasteiger partial charge is 0.457 e. The summed E-state index contributed by atoms with van der Waals surface area (Å²) in [5.41, 5.74) is 4.86. The number of nitrogens with zero attached hydrogens (tertiary/aromatic N) is 3. The number of aromatic nitrogens is 3. The molecule has 0 bridgehead atoms. The molecule has 2 aromatic carbocycles. The van der Waals surface area contributed by atoms with Crippen molar-refractivity contribution in [3.05, 3.63) is 122 Å². The van der Waals surface area contributed by atoms with Crippen LogP contribution in [0.25, 0.3) is 11.1 Å². The lowest BCUT2D eigenvalue weighted by Crippen LogP contribution is -2.30. The smallest absolute Gasteiger partial charge is 0.407 e. The molecule has 13 nitrogen and oxygen atoms in total. The van der Waals surface area contributed by atoms with Crippen LogP contribution >= 0.6 is 22.7 Å². The first-order valence-electron chi connectivity index (χ1n) is 16.4. The zero-order valence-corrected chi connectivity index (χ0v) is 30.4. The van der Waals surface area contributed by atoms with Crippen LogP contribution in [-0.2, 0) is 9.47 Å². The Labute approximate surface area is 307 Å². The van der Waals surface area contributed by atoms with E-state index in [0.29, 0.717) is 10.0 Å². The number of rotatable bonds is 13. The third-order valence-corrected chi connectivity index (χ3v) is 10.4. The molecule has 52 heavy (non-hydrogen) atoms. The van der Waals surface area contributed by atoms with Crippen molar-refractivity contribution >= 4 is 46.6 Å². The van der Waals surface area contributed by atoms with Crippen LogP contribution in [0.1, 0.15) is 109 Å². The number of nitrogens with one attached hydrogen (secondary N) is 3. The first kappa shape index (κ1) is 36.1. The Balaban J connectivity index is 1.01. The van der Waals surface area contributed by atoms with Crippen molar-refractivity contribution in [3.63, 3.8) is 0 Å². The number of benzene rings is 2. The molecule has 5 aromatic rings. The highest BCUT2D eigenvalue weighted by Gasteiger charge is 2.30. The Morgan fingerprint density at radius 3 is 2.02 bits per heavy atom. The average molecular weight is 741 g/mol. The second-order valence-corrected chi connectivity index (χ2v) is 13.8. The van der Waals surface area contributed by atoms with E-state index in [4.69, 9.17) is 13.9 Å². The van der Waals surface area contributed by atoms with Gasteiger partial charge in [0.05, 0.1) is 12.1 Å². The fourth-order valence-electron chi connectivity index (χ4n) is 5.73. The summed E-state index contributed by atoms with van der Waals surface area (Å²) < 4.78 is 16.4. The molecule has 3 N–H and O–H groups in total. The van der Waals surface area contributed by atoms with Crippen LogP contribution in [0.5, 0.6) is 0 Å². The topological polar surface area (TPSA) is 175 Å². The lowest BCUT2D eigenvalue weighted by molar-refractivity contribution is 0.0543. The van der Waals surface area contributed by atoms with Gasteiger partial charge in [0, 0.05) is 16.7 Å². The molecule has 3 amide bonds. The number of carbonyl (C=O) groups excluding carboxylic acids is 4. The number of fused-ring (bicyclic) bond motifs is 3. The number of thiazole rings is 2. The van der Waals surface area contributed by atoms with E-state index in [0.717, 1.165) is 22.3 Å². The van der Waals surface area contributed by atoms with Crippen molar-refractivity contribution in [2.24, 2.45) is 0 Å². The summed E-state index contributed by atoms with van der Waals surface area (Å²) in [6.45, 7) is 10.5. The summed E-state index contributed by atoms with van der Waals surface area (Å²) in [5, 5.41) is 12.6. The van der Waals surface area contributed by atoms with Gasteiger partial charge in [0.2, 0.25) is 5.89 Å². The molecule has 268 valence electrons. The van der Waals surface area contributed by atoms with Crippen molar-refractivity contribution < 1.29 is 33.1 Å². The van der Waals surface area contributed by atoms with Gasteiger partial charge in [-0.05, 0) is 49.9 Å². The molecule has 6 rings (SSSR count). The van der Waals surface area contributed by atoms with Gasteiger partial charge in [-0.3, -0.25) is 9.59 Å². The molecule has 1 unspecified atom stereocenters. The van der Waals surface area contributed by atoms with Crippen molar-refractivity contribution in [2.45, 2.75) is 51.7 Å². The molecule has 0 aliphatic heterocycles. The number of hydrogen-bond donors (Lipinski definition) is 3. The summed E-state index contributed by atoms with van der Waals surface area (Å²) >= 11 is 2.44. The minimum absolute atomic E-state index is 0.0579. The Morgan fingerprint density at radius 1 is 0.808 bits per heavy atom. The number of carbonyl (C=O) groups is 4. The van der Waals surface area contributed by atoms with Crippen molar-refractivity contribution in [1.29, 1.82) is 0 Å². The van der Waals surface area contributed by atoms with Crippen molar-refractivity contribution in [2.75, 3.05) is 13.2 Å². The molecule has 0 radical (unpaired) electrons. The number of oxazole rings is 1. The number of ether oxygens (including phenoxy) is 2. The molecule has 0 fully saturated rings. The third-order valence-electron chi connectivity index (χ3n) is 8.33. The SMILES string of the molecule is C=CCOC(=O)c1csc([C@H](C)NC(=O)c2csc([C@@H](C)NC(=O)c3nc(C(C)NC(=O)OCC4c5ccccc5-c5ccccc54)oc3C)n2)n1. The van der Waals surface area contributed by atoms with E-state index < -0.39 is 42.0 Å². The van der Waals surface area contributed by atoms with Gasteiger partial charge in [-0.25, -0.2) is 24.5 Å². The van der Waals surface area contributed by atoms with Gasteiger partial charge < -0.3 is 29.8 Å². The van der Waals surface area contributed by atoms with E-state index in [1.54, 1.807) is 38.5 Å². The van der Waals surface area contributed by atoms with Gasteiger partial charge in [-0.1, -0.05) is 61.2 Å². The van der Waals surface area contributed by atoms with Gasteiger partial charge in [0.25, 0.3) is 11.8 Å². The molecular formula is C37H36N6O7S2. The van der Waals surface area contributed by atoms with E-state index in [9.17, 15) is 19.2 Å². The summed E-state index contributed by atoms with van der Waals surface area (Å²) in [6.07, 6.45) is 0.828. The molecule has 1 aliphatic rings. The molecule has 3 aromatic heterocycles. The Morgan fingerprint density at radius 2 is 1.38 bits per heavy atom. The maximum absolute atomic E-state index is 13.2. The third kappa shape index (κ3) is 7.80. The zero-order valence-electron chi connectivity index (χ0n) is 28.8. The molecular weight excluding hydrogens is 705 g/mol. The second-order valence-electron chi connectivity index (χ2n) is 12.1. The van der Waals surface area contributed by atoms with Gasteiger partial charge in [0.15, 0.2) is 11.4 Å². The van der Waals surface area contributed by atoms with E-state index in [1.807, 2.05) is 36.4 Å².